The van der Waals surface area contributed by atoms with Crippen molar-refractivity contribution < 1.29 is 0 Å². The molecule has 0 heteroatoms. The molecule has 66 valence electrons. The fourth-order valence-corrected chi connectivity index (χ4v) is 2.47. The van der Waals surface area contributed by atoms with Crippen molar-refractivity contribution in [3.05, 3.63) is 0 Å². The van der Waals surface area contributed by atoms with Crippen LogP contribution in [-0.4, -0.2) is 0 Å². The summed E-state index contributed by atoms with van der Waals surface area (Å²) in [7, 11) is 0. The Labute approximate surface area is 71.4 Å². The van der Waals surface area contributed by atoms with Crippen molar-refractivity contribution >= 4 is 0 Å². The van der Waals surface area contributed by atoms with Crippen molar-refractivity contribution in [2.45, 2.75) is 47.5 Å². The van der Waals surface area contributed by atoms with Crippen LogP contribution < -0.4 is 0 Å². The molecule has 0 aromatic rings. The molecule has 0 heterocycles. The molecule has 0 saturated heterocycles. The largest absolute Gasteiger partial charge is 0.0651 e. The van der Waals surface area contributed by atoms with E-state index in [1.807, 2.05) is 0 Å². The van der Waals surface area contributed by atoms with Gasteiger partial charge in [-0.15, -0.1) is 0 Å². The molecule has 0 amide bonds. The van der Waals surface area contributed by atoms with Gasteiger partial charge in [0.1, 0.15) is 0 Å². The smallest absolute Gasteiger partial charge is 0.0337 e. The molecule has 3 atom stereocenters. The van der Waals surface area contributed by atoms with Crippen LogP contribution >= 0.6 is 0 Å². The Kier molecular flexibility index (Phi) is 2.32. The van der Waals surface area contributed by atoms with Gasteiger partial charge in [0.15, 0.2) is 0 Å². The van der Waals surface area contributed by atoms with Crippen LogP contribution in [0.5, 0.6) is 0 Å². The number of rotatable bonds is 2. The van der Waals surface area contributed by atoms with E-state index in [4.69, 9.17) is 0 Å². The van der Waals surface area contributed by atoms with Gasteiger partial charge in [-0.25, -0.2) is 0 Å². The second-order valence-electron chi connectivity index (χ2n) is 5.26. The Hall–Kier alpha value is 0. The van der Waals surface area contributed by atoms with E-state index in [1.165, 1.54) is 12.8 Å². The van der Waals surface area contributed by atoms with Crippen molar-refractivity contribution in [2.75, 3.05) is 0 Å². The highest BCUT2D eigenvalue weighted by Crippen LogP contribution is 2.51. The molecule has 0 spiro atoms. The van der Waals surface area contributed by atoms with Crippen molar-refractivity contribution in [3.8, 4) is 0 Å². The molecule has 1 fully saturated rings. The Bertz CT molecular complexity index is 129. The zero-order valence-electron chi connectivity index (χ0n) is 8.65. The molecule has 0 aliphatic heterocycles. The minimum Gasteiger partial charge on any atom is -0.0651 e. The van der Waals surface area contributed by atoms with Gasteiger partial charge in [-0.1, -0.05) is 41.0 Å². The number of hydrogen-bond acceptors (Lipinski definition) is 0. The van der Waals surface area contributed by atoms with Gasteiger partial charge in [-0.3, -0.25) is 0 Å². The van der Waals surface area contributed by atoms with E-state index >= 15 is 0 Å². The first-order chi connectivity index (χ1) is 4.96. The van der Waals surface area contributed by atoms with Crippen LogP contribution in [0.3, 0.4) is 0 Å². The first kappa shape index (κ1) is 9.09. The zero-order valence-corrected chi connectivity index (χ0v) is 8.65. The van der Waals surface area contributed by atoms with Gasteiger partial charge in [0.05, 0.1) is 0 Å². The van der Waals surface area contributed by atoms with Crippen LogP contribution in [0.1, 0.15) is 47.5 Å². The molecule has 3 unspecified atom stereocenters. The second-order valence-corrected chi connectivity index (χ2v) is 5.26. The van der Waals surface area contributed by atoms with Crippen LogP contribution in [0.4, 0.5) is 0 Å². The molecule has 0 nitrogen and oxygen atoms in total. The van der Waals surface area contributed by atoms with E-state index in [1.54, 1.807) is 0 Å². The van der Waals surface area contributed by atoms with Gasteiger partial charge < -0.3 is 0 Å². The van der Waals surface area contributed by atoms with Gasteiger partial charge in [-0.05, 0) is 29.6 Å². The van der Waals surface area contributed by atoms with Gasteiger partial charge in [-0.2, -0.15) is 0 Å². The Morgan fingerprint density at radius 3 is 1.91 bits per heavy atom. The highest BCUT2D eigenvalue weighted by Gasteiger charge is 2.43. The second kappa shape index (κ2) is 2.80. The summed E-state index contributed by atoms with van der Waals surface area (Å²) in [6.07, 6.45) is 2.84. The molecule has 0 aromatic heterocycles. The van der Waals surface area contributed by atoms with E-state index in [2.05, 4.69) is 34.6 Å². The number of hydrogen-bond donors (Lipinski definition) is 0. The summed E-state index contributed by atoms with van der Waals surface area (Å²) in [5, 5.41) is 0. The summed E-state index contributed by atoms with van der Waals surface area (Å²) in [5.41, 5.74) is 0.532. The summed E-state index contributed by atoms with van der Waals surface area (Å²) in [5.74, 6) is 3.01. The molecule has 1 aliphatic rings. The molecule has 1 saturated carbocycles. The normalized spacial score (nSPS) is 33.5. The predicted molar refractivity (Wildman–Crippen MR) is 50.5 cm³/mol. The molecular weight excluding hydrogens is 132 g/mol. The molecule has 0 radical (unpaired) electrons. The summed E-state index contributed by atoms with van der Waals surface area (Å²) in [6, 6.07) is 0. The van der Waals surface area contributed by atoms with E-state index in [0.29, 0.717) is 5.41 Å². The lowest BCUT2D eigenvalue weighted by Crippen LogP contribution is -2.22. The van der Waals surface area contributed by atoms with Gasteiger partial charge in [0.2, 0.25) is 0 Å². The van der Waals surface area contributed by atoms with Crippen molar-refractivity contribution in [3.63, 3.8) is 0 Å². The standard InChI is InChI=1S/C11H22/c1-6-10(11(3,4)5)9-7-8(9)2/h8-10H,6-7H2,1-5H3. The van der Waals surface area contributed by atoms with E-state index in [9.17, 15) is 0 Å². The van der Waals surface area contributed by atoms with E-state index < -0.39 is 0 Å². The maximum absolute atomic E-state index is 2.39. The third-order valence-corrected chi connectivity index (χ3v) is 3.24. The van der Waals surface area contributed by atoms with Crippen LogP contribution in [0.2, 0.25) is 0 Å². The molecule has 0 aromatic carbocycles. The van der Waals surface area contributed by atoms with E-state index in [-0.39, 0.29) is 0 Å². The van der Waals surface area contributed by atoms with Gasteiger partial charge in [0.25, 0.3) is 0 Å². The van der Waals surface area contributed by atoms with Crippen LogP contribution in [-0.2, 0) is 0 Å². The Balaban J connectivity index is 2.51. The average molecular weight is 154 g/mol. The fraction of sp³-hybridized carbons (Fsp3) is 1.00. The van der Waals surface area contributed by atoms with Crippen molar-refractivity contribution in [1.82, 2.24) is 0 Å². The minimum absolute atomic E-state index is 0.532. The summed E-state index contributed by atoms with van der Waals surface area (Å²) in [6.45, 7) is 11.9. The van der Waals surface area contributed by atoms with Crippen LogP contribution in [0.15, 0.2) is 0 Å². The molecule has 0 N–H and O–H groups in total. The van der Waals surface area contributed by atoms with Gasteiger partial charge >= 0.3 is 0 Å². The molecule has 11 heavy (non-hydrogen) atoms. The Morgan fingerprint density at radius 1 is 1.36 bits per heavy atom. The van der Waals surface area contributed by atoms with E-state index in [0.717, 1.165) is 17.8 Å². The molecule has 0 bridgehead atoms. The summed E-state index contributed by atoms with van der Waals surface area (Å²) < 4.78 is 0. The Morgan fingerprint density at radius 2 is 1.82 bits per heavy atom. The van der Waals surface area contributed by atoms with Crippen LogP contribution in [0.25, 0.3) is 0 Å². The average Bonchev–Trinajstić information content (AvgIpc) is 2.45. The lowest BCUT2D eigenvalue weighted by atomic mass is 9.75. The van der Waals surface area contributed by atoms with Gasteiger partial charge in [0, 0.05) is 0 Å². The lowest BCUT2D eigenvalue weighted by Gasteiger charge is -2.30. The van der Waals surface area contributed by atoms with Crippen molar-refractivity contribution in [1.29, 1.82) is 0 Å². The highest BCUT2D eigenvalue weighted by atomic mass is 14.5. The van der Waals surface area contributed by atoms with Crippen molar-refractivity contribution in [2.24, 2.45) is 23.2 Å². The summed E-state index contributed by atoms with van der Waals surface area (Å²) >= 11 is 0. The monoisotopic (exact) mass is 154 g/mol. The molecule has 1 aliphatic carbocycles. The topological polar surface area (TPSA) is 0 Å². The summed E-state index contributed by atoms with van der Waals surface area (Å²) in [4.78, 5) is 0. The predicted octanol–water partition coefficient (Wildman–Crippen LogP) is 3.71. The molecule has 1 rings (SSSR count). The third kappa shape index (κ3) is 1.98. The first-order valence-corrected chi connectivity index (χ1v) is 4.96. The quantitative estimate of drug-likeness (QED) is 0.568. The minimum atomic E-state index is 0.532. The third-order valence-electron chi connectivity index (χ3n) is 3.24. The molecular formula is C11H22. The lowest BCUT2D eigenvalue weighted by molar-refractivity contribution is 0.197. The SMILES string of the molecule is CCC(C1CC1C)C(C)(C)C. The highest BCUT2D eigenvalue weighted by molar-refractivity contribution is 4.92. The fourth-order valence-electron chi connectivity index (χ4n) is 2.47. The maximum atomic E-state index is 2.39. The van der Waals surface area contributed by atoms with Crippen LogP contribution in [0, 0.1) is 23.2 Å². The zero-order chi connectivity index (χ0) is 8.65. The maximum Gasteiger partial charge on any atom is -0.0337 e. The first-order valence-electron chi connectivity index (χ1n) is 4.96.